The van der Waals surface area contributed by atoms with E-state index < -0.39 is 16.9 Å². The zero-order valence-corrected chi connectivity index (χ0v) is 12.7. The molecular formula is C15H27NO5. The predicted molar refractivity (Wildman–Crippen MR) is 77.7 cm³/mol. The third kappa shape index (κ3) is 4.97. The number of carbonyl (C=O) groups excluding carboxylic acids is 1. The molecule has 6 nitrogen and oxygen atoms in total. The number of rotatable bonds is 8. The number of carbonyl (C=O) groups is 2. The minimum absolute atomic E-state index is 0.00219. The number of hydrogen-bond donors (Lipinski definition) is 4. The van der Waals surface area contributed by atoms with Crippen molar-refractivity contribution in [1.29, 1.82) is 0 Å². The number of hydrogen-bond acceptors (Lipinski definition) is 4. The van der Waals surface area contributed by atoms with E-state index >= 15 is 0 Å². The molecule has 4 N–H and O–H groups in total. The molecule has 0 aromatic heterocycles. The summed E-state index contributed by atoms with van der Waals surface area (Å²) >= 11 is 0. The van der Waals surface area contributed by atoms with Crippen LogP contribution in [0.3, 0.4) is 0 Å². The standard InChI is InChI=1S/C15H27NO5/c1-2-15(10-17,11-18)16-12(19)8-14(9-13(20)21)6-4-3-5-7-14/h17-18H,2-11H2,1H3,(H,16,19)(H,20,21). The molecule has 1 saturated carbocycles. The van der Waals surface area contributed by atoms with Crippen molar-refractivity contribution in [3.05, 3.63) is 0 Å². The van der Waals surface area contributed by atoms with Gasteiger partial charge in [-0.3, -0.25) is 9.59 Å². The monoisotopic (exact) mass is 301 g/mol. The maximum atomic E-state index is 12.3. The van der Waals surface area contributed by atoms with E-state index in [9.17, 15) is 19.8 Å². The molecule has 21 heavy (non-hydrogen) atoms. The Kier molecular flexibility index (Phi) is 6.61. The van der Waals surface area contributed by atoms with Gasteiger partial charge in [0.1, 0.15) is 0 Å². The minimum Gasteiger partial charge on any atom is -0.481 e. The fraction of sp³-hybridized carbons (Fsp3) is 0.867. The van der Waals surface area contributed by atoms with Gasteiger partial charge in [-0.05, 0) is 24.7 Å². The van der Waals surface area contributed by atoms with Crippen molar-refractivity contribution in [3.8, 4) is 0 Å². The maximum Gasteiger partial charge on any atom is 0.303 e. The molecule has 0 bridgehead atoms. The third-order valence-corrected chi connectivity index (χ3v) is 4.66. The number of amides is 1. The van der Waals surface area contributed by atoms with Crippen LogP contribution in [-0.2, 0) is 9.59 Å². The van der Waals surface area contributed by atoms with Crippen LogP contribution in [0.2, 0.25) is 0 Å². The lowest BCUT2D eigenvalue weighted by Gasteiger charge is -2.37. The SMILES string of the molecule is CCC(CO)(CO)NC(=O)CC1(CC(=O)O)CCCCC1. The number of carboxylic acid groups (broad SMARTS) is 1. The second-order valence-corrected chi connectivity index (χ2v) is 6.31. The van der Waals surface area contributed by atoms with E-state index in [2.05, 4.69) is 5.32 Å². The lowest BCUT2D eigenvalue weighted by Crippen LogP contribution is -2.54. The van der Waals surface area contributed by atoms with Gasteiger partial charge in [-0.15, -0.1) is 0 Å². The smallest absolute Gasteiger partial charge is 0.303 e. The average Bonchev–Trinajstić information content (AvgIpc) is 2.44. The summed E-state index contributed by atoms with van der Waals surface area (Å²) in [6, 6.07) is 0. The molecule has 6 heteroatoms. The Hall–Kier alpha value is -1.14. The maximum absolute atomic E-state index is 12.3. The van der Waals surface area contributed by atoms with Gasteiger partial charge in [0.25, 0.3) is 0 Å². The Balaban J connectivity index is 2.74. The fourth-order valence-electron chi connectivity index (χ4n) is 3.16. The Morgan fingerprint density at radius 2 is 1.67 bits per heavy atom. The molecule has 1 rings (SSSR count). The zero-order chi connectivity index (χ0) is 15.9. The number of aliphatic hydroxyl groups is 2. The summed E-state index contributed by atoms with van der Waals surface area (Å²) in [5, 5.41) is 30.5. The van der Waals surface area contributed by atoms with Crippen LogP contribution >= 0.6 is 0 Å². The van der Waals surface area contributed by atoms with Gasteiger partial charge >= 0.3 is 5.97 Å². The zero-order valence-electron chi connectivity index (χ0n) is 12.7. The highest BCUT2D eigenvalue weighted by molar-refractivity contribution is 5.79. The number of aliphatic hydroxyl groups excluding tert-OH is 2. The minimum atomic E-state index is -1.02. The van der Waals surface area contributed by atoms with Crippen molar-refractivity contribution >= 4 is 11.9 Å². The van der Waals surface area contributed by atoms with Crippen molar-refractivity contribution in [2.75, 3.05) is 13.2 Å². The molecule has 1 amide bonds. The van der Waals surface area contributed by atoms with Gasteiger partial charge in [-0.1, -0.05) is 26.2 Å². The number of aliphatic carboxylic acids is 1. The van der Waals surface area contributed by atoms with Crippen molar-refractivity contribution < 1.29 is 24.9 Å². The molecule has 0 spiro atoms. The molecule has 0 saturated heterocycles. The van der Waals surface area contributed by atoms with Gasteiger partial charge in [-0.25, -0.2) is 0 Å². The normalized spacial score (nSPS) is 18.2. The lowest BCUT2D eigenvalue weighted by atomic mass is 9.69. The van der Waals surface area contributed by atoms with Crippen molar-refractivity contribution in [2.45, 2.75) is 63.8 Å². The van der Waals surface area contributed by atoms with E-state index in [1.807, 2.05) is 0 Å². The quantitative estimate of drug-likeness (QED) is 0.536. The van der Waals surface area contributed by atoms with Gasteiger partial charge < -0.3 is 20.6 Å². The Morgan fingerprint density at radius 1 is 1.10 bits per heavy atom. The molecule has 1 aliphatic carbocycles. The predicted octanol–water partition coefficient (Wildman–Crippen LogP) is 1.05. The molecule has 122 valence electrons. The molecule has 1 fully saturated rings. The van der Waals surface area contributed by atoms with Gasteiger partial charge in [0.15, 0.2) is 0 Å². The van der Waals surface area contributed by atoms with Crippen LogP contribution in [-0.4, -0.2) is 45.9 Å². The second-order valence-electron chi connectivity index (χ2n) is 6.31. The second kappa shape index (κ2) is 7.75. The molecule has 0 aromatic rings. The van der Waals surface area contributed by atoms with Crippen LogP contribution in [0, 0.1) is 5.41 Å². The first-order valence-electron chi connectivity index (χ1n) is 7.65. The Bertz CT molecular complexity index is 351. The summed E-state index contributed by atoms with van der Waals surface area (Å²) in [6.45, 7) is 1.11. The van der Waals surface area contributed by atoms with Crippen molar-refractivity contribution in [1.82, 2.24) is 5.32 Å². The number of nitrogens with one attached hydrogen (secondary N) is 1. The highest BCUT2D eigenvalue weighted by atomic mass is 16.4. The van der Waals surface area contributed by atoms with Crippen LogP contribution in [0.15, 0.2) is 0 Å². The van der Waals surface area contributed by atoms with Crippen LogP contribution in [0.25, 0.3) is 0 Å². The van der Waals surface area contributed by atoms with Gasteiger partial charge in [0.05, 0.1) is 25.2 Å². The first kappa shape index (κ1) is 17.9. The largest absolute Gasteiger partial charge is 0.481 e. The molecule has 0 radical (unpaired) electrons. The molecule has 0 aliphatic heterocycles. The van der Waals surface area contributed by atoms with E-state index in [1.165, 1.54) is 0 Å². The molecule has 0 heterocycles. The molecule has 1 aliphatic rings. The summed E-state index contributed by atoms with van der Waals surface area (Å²) in [5.41, 5.74) is -1.51. The van der Waals surface area contributed by atoms with E-state index in [0.29, 0.717) is 6.42 Å². The van der Waals surface area contributed by atoms with Gasteiger partial charge in [0, 0.05) is 6.42 Å². The van der Waals surface area contributed by atoms with Crippen LogP contribution in [0.4, 0.5) is 0 Å². The Morgan fingerprint density at radius 3 is 2.10 bits per heavy atom. The van der Waals surface area contributed by atoms with E-state index in [1.54, 1.807) is 6.92 Å². The first-order valence-corrected chi connectivity index (χ1v) is 7.65. The third-order valence-electron chi connectivity index (χ3n) is 4.66. The topological polar surface area (TPSA) is 107 Å². The molecule has 0 unspecified atom stereocenters. The average molecular weight is 301 g/mol. The fourth-order valence-corrected chi connectivity index (χ4v) is 3.16. The van der Waals surface area contributed by atoms with E-state index in [4.69, 9.17) is 5.11 Å². The van der Waals surface area contributed by atoms with E-state index in [-0.39, 0.29) is 32.0 Å². The van der Waals surface area contributed by atoms with Crippen LogP contribution in [0.5, 0.6) is 0 Å². The van der Waals surface area contributed by atoms with Gasteiger partial charge in [0.2, 0.25) is 5.91 Å². The summed E-state index contributed by atoms with van der Waals surface area (Å²) in [7, 11) is 0. The summed E-state index contributed by atoms with van der Waals surface area (Å²) in [5.74, 6) is -1.17. The lowest BCUT2D eigenvalue weighted by molar-refractivity contribution is -0.141. The number of carboxylic acids is 1. The molecule has 0 atom stereocenters. The summed E-state index contributed by atoms with van der Waals surface area (Å²) in [4.78, 5) is 23.4. The Labute approximate surface area is 125 Å². The summed E-state index contributed by atoms with van der Waals surface area (Å²) < 4.78 is 0. The highest BCUT2D eigenvalue weighted by Crippen LogP contribution is 2.42. The van der Waals surface area contributed by atoms with Crippen LogP contribution in [0.1, 0.15) is 58.3 Å². The first-order chi connectivity index (χ1) is 9.91. The molecule has 0 aromatic carbocycles. The van der Waals surface area contributed by atoms with Gasteiger partial charge in [-0.2, -0.15) is 0 Å². The van der Waals surface area contributed by atoms with E-state index in [0.717, 1.165) is 32.1 Å². The van der Waals surface area contributed by atoms with Crippen molar-refractivity contribution in [3.63, 3.8) is 0 Å². The van der Waals surface area contributed by atoms with Crippen molar-refractivity contribution in [2.24, 2.45) is 5.41 Å². The molecular weight excluding hydrogens is 274 g/mol. The highest BCUT2D eigenvalue weighted by Gasteiger charge is 2.38. The van der Waals surface area contributed by atoms with Crippen LogP contribution < -0.4 is 5.32 Å². The summed E-state index contributed by atoms with van der Waals surface area (Å²) in [6.07, 6.45) is 5.00.